The van der Waals surface area contributed by atoms with Crippen LogP contribution >= 0.6 is 0 Å². The highest BCUT2D eigenvalue weighted by molar-refractivity contribution is 7.79. The second-order valence-electron chi connectivity index (χ2n) is 2.35. The topological polar surface area (TPSA) is 40.1 Å². The molecule has 0 aromatic carbocycles. The van der Waals surface area contributed by atoms with Crippen molar-refractivity contribution in [2.75, 3.05) is 0 Å². The van der Waals surface area contributed by atoms with Crippen LogP contribution in [0, 0.1) is 5.92 Å². The van der Waals surface area contributed by atoms with Crippen LogP contribution in [0.1, 0.15) is 27.2 Å². The lowest BCUT2D eigenvalue weighted by Gasteiger charge is -2.20. The Labute approximate surface area is 58.9 Å². The molecule has 2 nitrogen and oxygen atoms in total. The smallest absolute Gasteiger partial charge is 0.0213 e. The first-order valence-electron chi connectivity index (χ1n) is 3.17. The molecule has 3 unspecified atom stereocenters. The second kappa shape index (κ2) is 4.01. The van der Waals surface area contributed by atoms with Gasteiger partial charge in [0.05, 0.1) is 0 Å². The van der Waals surface area contributed by atoms with Gasteiger partial charge in [0, 0.05) is 5.25 Å². The summed E-state index contributed by atoms with van der Waals surface area (Å²) in [4.78, 5) is 0. The minimum Gasteiger partial charge on any atom is -0.772 e. The van der Waals surface area contributed by atoms with Crippen LogP contribution in [0.5, 0.6) is 0 Å². The Kier molecular flexibility index (Phi) is 4.06. The first-order chi connectivity index (χ1) is 4.09. The van der Waals surface area contributed by atoms with Gasteiger partial charge in [-0.2, -0.15) is 0 Å². The van der Waals surface area contributed by atoms with Gasteiger partial charge in [-0.1, -0.05) is 38.3 Å². The Morgan fingerprint density at radius 1 is 1.56 bits per heavy atom. The standard InChI is InChI=1S/C6H14O2S/c1-4-5(2)6(3)9(7)8/h5-6H,4H2,1-3H3,(H,7,8)/p-1. The SMILES string of the molecule is CCC(C)C(C)S(=O)[O-]. The van der Waals surface area contributed by atoms with Crippen molar-refractivity contribution in [1.29, 1.82) is 0 Å². The summed E-state index contributed by atoms with van der Waals surface area (Å²) in [6, 6.07) is 0. The van der Waals surface area contributed by atoms with E-state index in [4.69, 9.17) is 0 Å². The minimum absolute atomic E-state index is 0.199. The predicted octanol–water partition coefficient (Wildman–Crippen LogP) is 1.30. The van der Waals surface area contributed by atoms with Gasteiger partial charge in [0.1, 0.15) is 0 Å². The fourth-order valence-electron chi connectivity index (χ4n) is 0.522. The largest absolute Gasteiger partial charge is 0.772 e. The van der Waals surface area contributed by atoms with Gasteiger partial charge in [-0.15, -0.1) is 0 Å². The summed E-state index contributed by atoms with van der Waals surface area (Å²) in [7, 11) is 0. The lowest BCUT2D eigenvalue weighted by Crippen LogP contribution is -2.18. The second-order valence-corrected chi connectivity index (χ2v) is 3.62. The summed E-state index contributed by atoms with van der Waals surface area (Å²) < 4.78 is 20.6. The minimum atomic E-state index is -1.89. The van der Waals surface area contributed by atoms with Crippen molar-refractivity contribution in [2.24, 2.45) is 5.92 Å². The van der Waals surface area contributed by atoms with Crippen molar-refractivity contribution in [3.8, 4) is 0 Å². The summed E-state index contributed by atoms with van der Waals surface area (Å²) in [6.45, 7) is 5.67. The maximum Gasteiger partial charge on any atom is 0.0213 e. The van der Waals surface area contributed by atoms with Crippen LogP contribution in [0.3, 0.4) is 0 Å². The molecule has 0 spiro atoms. The van der Waals surface area contributed by atoms with Gasteiger partial charge in [-0.3, -0.25) is 4.21 Å². The van der Waals surface area contributed by atoms with Crippen LogP contribution in [0.2, 0.25) is 0 Å². The molecule has 0 amide bonds. The molecule has 3 heteroatoms. The van der Waals surface area contributed by atoms with Gasteiger partial charge >= 0.3 is 0 Å². The molecule has 0 saturated carbocycles. The molecule has 9 heavy (non-hydrogen) atoms. The molecule has 0 radical (unpaired) electrons. The lowest BCUT2D eigenvalue weighted by molar-refractivity contribution is 0.478. The quantitative estimate of drug-likeness (QED) is 0.567. The molecule has 0 aliphatic carbocycles. The molecule has 0 N–H and O–H groups in total. The first-order valence-corrected chi connectivity index (χ1v) is 4.31. The normalized spacial score (nSPS) is 20.9. The van der Waals surface area contributed by atoms with Crippen LogP contribution in [0.15, 0.2) is 0 Å². The zero-order valence-electron chi connectivity index (χ0n) is 6.09. The van der Waals surface area contributed by atoms with Crippen LogP contribution in [0.4, 0.5) is 0 Å². The van der Waals surface area contributed by atoms with E-state index in [2.05, 4.69) is 0 Å². The molecule has 0 aliphatic rings. The molecule has 0 aliphatic heterocycles. The monoisotopic (exact) mass is 149 g/mol. The lowest BCUT2D eigenvalue weighted by atomic mass is 10.1. The third-order valence-electron chi connectivity index (χ3n) is 1.75. The predicted molar refractivity (Wildman–Crippen MR) is 37.8 cm³/mol. The van der Waals surface area contributed by atoms with E-state index in [1.165, 1.54) is 0 Å². The molecule has 0 fully saturated rings. The maximum atomic E-state index is 10.3. The van der Waals surface area contributed by atoms with Gasteiger partial charge in [0.25, 0.3) is 0 Å². The Morgan fingerprint density at radius 3 is 2.11 bits per heavy atom. The molecule has 0 saturated heterocycles. The fraction of sp³-hybridized carbons (Fsp3) is 1.00. The van der Waals surface area contributed by atoms with E-state index in [9.17, 15) is 8.76 Å². The fourth-order valence-corrected chi connectivity index (χ4v) is 1.09. The van der Waals surface area contributed by atoms with Gasteiger partial charge in [-0.25, -0.2) is 0 Å². The van der Waals surface area contributed by atoms with Crippen molar-refractivity contribution in [3.63, 3.8) is 0 Å². The van der Waals surface area contributed by atoms with E-state index in [1.54, 1.807) is 6.92 Å². The molecule has 3 atom stereocenters. The molecular formula is C6H13O2S-. The Bertz CT molecular complexity index is 103. The van der Waals surface area contributed by atoms with Crippen LogP contribution in [-0.4, -0.2) is 14.0 Å². The molecule has 0 aromatic rings. The highest BCUT2D eigenvalue weighted by Gasteiger charge is 2.09. The van der Waals surface area contributed by atoms with E-state index in [0.29, 0.717) is 0 Å². The molecule has 0 rings (SSSR count). The van der Waals surface area contributed by atoms with E-state index in [0.717, 1.165) is 6.42 Å². The summed E-state index contributed by atoms with van der Waals surface area (Å²) in [6.07, 6.45) is 0.926. The molecular weight excluding hydrogens is 136 g/mol. The average Bonchev–Trinajstić information content (AvgIpc) is 1.84. The zero-order chi connectivity index (χ0) is 7.44. The first kappa shape index (κ1) is 9.11. The average molecular weight is 149 g/mol. The zero-order valence-corrected chi connectivity index (χ0v) is 6.90. The van der Waals surface area contributed by atoms with Crippen molar-refractivity contribution in [2.45, 2.75) is 32.4 Å². The van der Waals surface area contributed by atoms with Gasteiger partial charge in [0.2, 0.25) is 0 Å². The Hall–Kier alpha value is 0.110. The Balaban J connectivity index is 3.72. The number of rotatable bonds is 3. The van der Waals surface area contributed by atoms with Crippen LogP contribution in [0.25, 0.3) is 0 Å². The van der Waals surface area contributed by atoms with E-state index >= 15 is 0 Å². The number of hydrogen-bond donors (Lipinski definition) is 0. The van der Waals surface area contributed by atoms with E-state index in [1.807, 2.05) is 13.8 Å². The van der Waals surface area contributed by atoms with E-state index < -0.39 is 11.1 Å². The summed E-state index contributed by atoms with van der Waals surface area (Å²) in [5.41, 5.74) is 0. The summed E-state index contributed by atoms with van der Waals surface area (Å²) in [5.74, 6) is 0.281. The van der Waals surface area contributed by atoms with Crippen molar-refractivity contribution in [3.05, 3.63) is 0 Å². The van der Waals surface area contributed by atoms with Gasteiger partial charge < -0.3 is 4.55 Å². The van der Waals surface area contributed by atoms with Crippen molar-refractivity contribution in [1.82, 2.24) is 0 Å². The number of hydrogen-bond acceptors (Lipinski definition) is 2. The molecule has 0 aromatic heterocycles. The Morgan fingerprint density at radius 2 is 2.00 bits per heavy atom. The maximum absolute atomic E-state index is 10.3. The highest BCUT2D eigenvalue weighted by Crippen LogP contribution is 2.10. The van der Waals surface area contributed by atoms with Gasteiger partial charge in [0.15, 0.2) is 0 Å². The summed E-state index contributed by atoms with van der Waals surface area (Å²) >= 11 is -1.89. The highest BCUT2D eigenvalue weighted by atomic mass is 32.2. The molecule has 0 heterocycles. The van der Waals surface area contributed by atoms with Crippen molar-refractivity contribution >= 4 is 11.1 Å². The van der Waals surface area contributed by atoms with E-state index in [-0.39, 0.29) is 11.2 Å². The third-order valence-corrected chi connectivity index (χ3v) is 2.82. The summed E-state index contributed by atoms with van der Waals surface area (Å²) in [5, 5.41) is -0.199. The van der Waals surface area contributed by atoms with Crippen LogP contribution in [-0.2, 0) is 11.1 Å². The van der Waals surface area contributed by atoms with Gasteiger partial charge in [-0.05, 0) is 5.92 Å². The van der Waals surface area contributed by atoms with Crippen molar-refractivity contribution < 1.29 is 8.76 Å². The third kappa shape index (κ3) is 2.96. The molecule has 56 valence electrons. The van der Waals surface area contributed by atoms with Crippen LogP contribution < -0.4 is 0 Å². The molecule has 0 bridgehead atoms.